The summed E-state index contributed by atoms with van der Waals surface area (Å²) in [6, 6.07) is 8.95. The summed E-state index contributed by atoms with van der Waals surface area (Å²) in [6.07, 6.45) is 5.18. The predicted octanol–water partition coefficient (Wildman–Crippen LogP) is 3.27. The van der Waals surface area contributed by atoms with Gasteiger partial charge in [0.25, 0.3) is 0 Å². The minimum Gasteiger partial charge on any atom is -0.317 e. The number of halogens is 1. The lowest BCUT2D eigenvalue weighted by atomic mass is 9.95. The van der Waals surface area contributed by atoms with E-state index < -0.39 is 0 Å². The average molecular weight is 224 g/mol. The lowest BCUT2D eigenvalue weighted by Crippen LogP contribution is -2.30. The first-order valence-electron chi connectivity index (χ1n) is 5.71. The molecule has 1 fully saturated rings. The molecule has 2 rings (SSSR count). The molecule has 2 heteroatoms. The Morgan fingerprint density at radius 1 is 1.40 bits per heavy atom. The van der Waals surface area contributed by atoms with Gasteiger partial charge in [0.15, 0.2) is 0 Å². The molecule has 1 saturated carbocycles. The topological polar surface area (TPSA) is 12.0 Å². The highest BCUT2D eigenvalue weighted by atomic mass is 35.5. The van der Waals surface area contributed by atoms with Crippen LogP contribution in [0.5, 0.6) is 0 Å². The van der Waals surface area contributed by atoms with E-state index in [4.69, 9.17) is 11.6 Å². The minimum absolute atomic E-state index is 0.698. The lowest BCUT2D eigenvalue weighted by molar-refractivity contribution is 0.423. The van der Waals surface area contributed by atoms with E-state index in [9.17, 15) is 0 Å². The van der Waals surface area contributed by atoms with Crippen LogP contribution >= 0.6 is 11.6 Å². The highest BCUT2D eigenvalue weighted by Crippen LogP contribution is 2.29. The van der Waals surface area contributed by atoms with Crippen LogP contribution in [-0.4, -0.2) is 13.1 Å². The first-order valence-corrected chi connectivity index (χ1v) is 6.09. The molecule has 1 aliphatic rings. The smallest absolute Gasteiger partial charge is 0.0408 e. The molecule has 1 nitrogen and oxygen atoms in total. The SMILES string of the molecule is CNC1CCCC1Cc1cccc(Cl)c1. The van der Waals surface area contributed by atoms with Gasteiger partial charge >= 0.3 is 0 Å². The van der Waals surface area contributed by atoms with Gasteiger partial charge in [0.2, 0.25) is 0 Å². The zero-order chi connectivity index (χ0) is 10.7. The second-order valence-corrected chi connectivity index (χ2v) is 4.86. The van der Waals surface area contributed by atoms with Crippen LogP contribution < -0.4 is 5.32 Å². The molecular formula is C13H18ClN. The molecule has 0 aromatic heterocycles. The monoisotopic (exact) mass is 223 g/mol. The molecular weight excluding hydrogens is 206 g/mol. The van der Waals surface area contributed by atoms with Gasteiger partial charge in [0, 0.05) is 11.1 Å². The van der Waals surface area contributed by atoms with Gasteiger partial charge < -0.3 is 5.32 Å². The zero-order valence-corrected chi connectivity index (χ0v) is 9.93. The molecule has 1 aromatic rings. The van der Waals surface area contributed by atoms with Crippen molar-refractivity contribution in [3.05, 3.63) is 34.9 Å². The Kier molecular flexibility index (Phi) is 3.66. The molecule has 1 aliphatic carbocycles. The maximum absolute atomic E-state index is 5.98. The maximum atomic E-state index is 5.98. The van der Waals surface area contributed by atoms with E-state index in [0.717, 1.165) is 17.4 Å². The van der Waals surface area contributed by atoms with Crippen molar-refractivity contribution in [3.63, 3.8) is 0 Å². The molecule has 0 bridgehead atoms. The maximum Gasteiger partial charge on any atom is 0.0408 e. The molecule has 15 heavy (non-hydrogen) atoms. The fourth-order valence-electron chi connectivity index (χ4n) is 2.63. The number of nitrogens with one attached hydrogen (secondary N) is 1. The Balaban J connectivity index is 2.02. The molecule has 0 aliphatic heterocycles. The summed E-state index contributed by atoms with van der Waals surface area (Å²) >= 11 is 5.98. The highest BCUT2D eigenvalue weighted by molar-refractivity contribution is 6.30. The highest BCUT2D eigenvalue weighted by Gasteiger charge is 2.25. The van der Waals surface area contributed by atoms with E-state index in [-0.39, 0.29) is 0 Å². The molecule has 1 aromatic carbocycles. The van der Waals surface area contributed by atoms with Crippen LogP contribution in [0.1, 0.15) is 24.8 Å². The van der Waals surface area contributed by atoms with Gasteiger partial charge in [-0.2, -0.15) is 0 Å². The molecule has 2 unspecified atom stereocenters. The van der Waals surface area contributed by atoms with Crippen molar-refractivity contribution in [3.8, 4) is 0 Å². The van der Waals surface area contributed by atoms with Crippen LogP contribution in [0.4, 0.5) is 0 Å². The van der Waals surface area contributed by atoms with Crippen molar-refractivity contribution in [1.29, 1.82) is 0 Å². The normalized spacial score (nSPS) is 25.7. The zero-order valence-electron chi connectivity index (χ0n) is 9.17. The number of hydrogen-bond donors (Lipinski definition) is 1. The van der Waals surface area contributed by atoms with Crippen molar-refractivity contribution in [2.24, 2.45) is 5.92 Å². The van der Waals surface area contributed by atoms with E-state index >= 15 is 0 Å². The fraction of sp³-hybridized carbons (Fsp3) is 0.538. The van der Waals surface area contributed by atoms with Gasteiger partial charge in [-0.15, -0.1) is 0 Å². The Morgan fingerprint density at radius 3 is 3.00 bits per heavy atom. The summed E-state index contributed by atoms with van der Waals surface area (Å²) < 4.78 is 0. The van der Waals surface area contributed by atoms with Gasteiger partial charge in [-0.05, 0) is 49.9 Å². The van der Waals surface area contributed by atoms with Crippen LogP contribution in [0.3, 0.4) is 0 Å². The molecule has 0 amide bonds. The Bertz CT molecular complexity index is 324. The number of rotatable bonds is 3. The number of hydrogen-bond acceptors (Lipinski definition) is 1. The van der Waals surface area contributed by atoms with Gasteiger partial charge in [-0.1, -0.05) is 30.2 Å². The molecule has 0 radical (unpaired) electrons. The predicted molar refractivity (Wildman–Crippen MR) is 65.3 cm³/mol. The Labute approximate surface area is 96.8 Å². The van der Waals surface area contributed by atoms with E-state index in [1.54, 1.807) is 0 Å². The standard InChI is InChI=1S/C13H18ClN/c1-15-13-7-3-5-11(13)8-10-4-2-6-12(14)9-10/h2,4,6,9,11,13,15H,3,5,7-8H2,1H3. The second kappa shape index (κ2) is 5.00. The fourth-order valence-corrected chi connectivity index (χ4v) is 2.84. The van der Waals surface area contributed by atoms with Crippen LogP contribution in [-0.2, 0) is 6.42 Å². The molecule has 82 valence electrons. The lowest BCUT2D eigenvalue weighted by Gasteiger charge is -2.18. The molecule has 0 saturated heterocycles. The van der Waals surface area contributed by atoms with E-state index in [0.29, 0.717) is 6.04 Å². The summed E-state index contributed by atoms with van der Waals surface area (Å²) in [7, 11) is 2.07. The molecule has 0 heterocycles. The Morgan fingerprint density at radius 2 is 2.27 bits per heavy atom. The van der Waals surface area contributed by atoms with Crippen molar-refractivity contribution >= 4 is 11.6 Å². The summed E-state index contributed by atoms with van der Waals surface area (Å²) in [5.74, 6) is 0.786. The third-order valence-corrected chi connectivity index (χ3v) is 3.65. The quantitative estimate of drug-likeness (QED) is 0.830. The van der Waals surface area contributed by atoms with Crippen molar-refractivity contribution < 1.29 is 0 Å². The summed E-state index contributed by atoms with van der Waals surface area (Å²) in [4.78, 5) is 0. The van der Waals surface area contributed by atoms with Gasteiger partial charge in [-0.3, -0.25) is 0 Å². The summed E-state index contributed by atoms with van der Waals surface area (Å²) in [5, 5.41) is 4.27. The molecule has 0 spiro atoms. The van der Waals surface area contributed by atoms with Crippen LogP contribution in [0.25, 0.3) is 0 Å². The third kappa shape index (κ3) is 2.73. The second-order valence-electron chi connectivity index (χ2n) is 4.42. The molecule has 1 N–H and O–H groups in total. The largest absolute Gasteiger partial charge is 0.317 e. The van der Waals surface area contributed by atoms with Crippen LogP contribution in [0.2, 0.25) is 5.02 Å². The third-order valence-electron chi connectivity index (χ3n) is 3.42. The summed E-state index contributed by atoms with van der Waals surface area (Å²) in [5.41, 5.74) is 1.37. The van der Waals surface area contributed by atoms with Crippen molar-refractivity contribution in [2.75, 3.05) is 7.05 Å². The summed E-state index contributed by atoms with van der Waals surface area (Å²) in [6.45, 7) is 0. The first-order chi connectivity index (χ1) is 7.29. The van der Waals surface area contributed by atoms with Crippen molar-refractivity contribution in [1.82, 2.24) is 5.32 Å². The number of benzene rings is 1. The first kappa shape index (κ1) is 11.0. The van der Waals surface area contributed by atoms with Crippen LogP contribution in [0, 0.1) is 5.92 Å². The van der Waals surface area contributed by atoms with Gasteiger partial charge in [0.1, 0.15) is 0 Å². The van der Waals surface area contributed by atoms with E-state index in [1.165, 1.54) is 24.8 Å². The average Bonchev–Trinajstić information content (AvgIpc) is 2.65. The van der Waals surface area contributed by atoms with Gasteiger partial charge in [0.05, 0.1) is 0 Å². The van der Waals surface area contributed by atoms with Crippen molar-refractivity contribution in [2.45, 2.75) is 31.7 Å². The van der Waals surface area contributed by atoms with Gasteiger partial charge in [-0.25, -0.2) is 0 Å². The Hall–Kier alpha value is -0.530. The van der Waals surface area contributed by atoms with Crippen LogP contribution in [0.15, 0.2) is 24.3 Å². The van der Waals surface area contributed by atoms with E-state index in [2.05, 4.69) is 24.5 Å². The molecule has 2 atom stereocenters. The minimum atomic E-state index is 0.698. The van der Waals surface area contributed by atoms with E-state index in [1.807, 2.05) is 12.1 Å².